The molecule has 3 nitrogen and oxygen atoms in total. The second-order valence-electron chi connectivity index (χ2n) is 4.48. The second kappa shape index (κ2) is 5.10. The molecule has 2 saturated heterocycles. The summed E-state index contributed by atoms with van der Waals surface area (Å²) in [5.41, 5.74) is 0. The molecule has 3 atom stereocenters. The predicted octanol–water partition coefficient (Wildman–Crippen LogP) is 1.06. The third-order valence-corrected chi connectivity index (χ3v) is 3.37. The van der Waals surface area contributed by atoms with Gasteiger partial charge in [0, 0.05) is 12.6 Å². The molecule has 2 fully saturated rings. The highest BCUT2D eigenvalue weighted by molar-refractivity contribution is 4.82. The van der Waals surface area contributed by atoms with Gasteiger partial charge in [-0.25, -0.2) is 0 Å². The molecule has 0 spiro atoms. The van der Waals surface area contributed by atoms with E-state index in [-0.39, 0.29) is 6.10 Å². The van der Waals surface area contributed by atoms with Crippen LogP contribution in [0.15, 0.2) is 0 Å². The Balaban J connectivity index is 1.63. The number of rotatable bonds is 4. The van der Waals surface area contributed by atoms with E-state index in [1.165, 1.54) is 19.3 Å². The number of nitrogens with one attached hydrogen (secondary N) is 1. The molecule has 14 heavy (non-hydrogen) atoms. The number of aliphatic hydroxyl groups is 1. The summed E-state index contributed by atoms with van der Waals surface area (Å²) in [4.78, 5) is 0. The van der Waals surface area contributed by atoms with Crippen LogP contribution in [0, 0.1) is 0 Å². The van der Waals surface area contributed by atoms with Gasteiger partial charge in [0.25, 0.3) is 0 Å². The van der Waals surface area contributed by atoms with Crippen molar-refractivity contribution in [3.05, 3.63) is 0 Å². The molecule has 82 valence electrons. The fourth-order valence-corrected chi connectivity index (χ4v) is 2.47. The summed E-state index contributed by atoms with van der Waals surface area (Å²) in [6, 6.07) is 0.344. The number of aliphatic hydroxyl groups excluding tert-OH is 1. The summed E-state index contributed by atoms with van der Waals surface area (Å²) in [7, 11) is 0. The lowest BCUT2D eigenvalue weighted by molar-refractivity contribution is 0.0709. The van der Waals surface area contributed by atoms with Gasteiger partial charge in [-0.1, -0.05) is 0 Å². The molecule has 0 radical (unpaired) electrons. The molecule has 2 aliphatic rings. The van der Waals surface area contributed by atoms with Crippen LogP contribution in [-0.2, 0) is 4.74 Å². The van der Waals surface area contributed by atoms with Gasteiger partial charge >= 0.3 is 0 Å². The fraction of sp³-hybridized carbons (Fsp3) is 1.00. The molecule has 0 saturated carbocycles. The Hall–Kier alpha value is -0.120. The highest BCUT2D eigenvalue weighted by Crippen LogP contribution is 2.20. The molecule has 0 bridgehead atoms. The van der Waals surface area contributed by atoms with Crippen LogP contribution in [0.2, 0.25) is 0 Å². The van der Waals surface area contributed by atoms with Gasteiger partial charge in [0.15, 0.2) is 0 Å². The molecule has 0 aromatic carbocycles. The lowest BCUT2D eigenvalue weighted by Crippen LogP contribution is -2.35. The summed E-state index contributed by atoms with van der Waals surface area (Å²) in [6.07, 6.45) is 6.90. The van der Waals surface area contributed by atoms with E-state index in [4.69, 9.17) is 4.74 Å². The van der Waals surface area contributed by atoms with Gasteiger partial charge in [0.2, 0.25) is 0 Å². The number of hydrogen-bond donors (Lipinski definition) is 2. The first kappa shape index (κ1) is 10.4. The van der Waals surface area contributed by atoms with Gasteiger partial charge in [-0.3, -0.25) is 0 Å². The largest absolute Gasteiger partial charge is 0.392 e. The van der Waals surface area contributed by atoms with E-state index in [9.17, 15) is 5.11 Å². The summed E-state index contributed by atoms with van der Waals surface area (Å²) >= 11 is 0. The van der Waals surface area contributed by atoms with Crippen LogP contribution in [0.3, 0.4) is 0 Å². The monoisotopic (exact) mass is 199 g/mol. The third kappa shape index (κ3) is 2.69. The SMILES string of the molecule is OC(CCC1CCCO1)C1CCCN1. The molecule has 2 aliphatic heterocycles. The molecule has 0 aliphatic carbocycles. The summed E-state index contributed by atoms with van der Waals surface area (Å²) in [6.45, 7) is 1.99. The van der Waals surface area contributed by atoms with Gasteiger partial charge in [-0.05, 0) is 45.1 Å². The van der Waals surface area contributed by atoms with Gasteiger partial charge in [-0.15, -0.1) is 0 Å². The Bertz CT molecular complexity index is 163. The lowest BCUT2D eigenvalue weighted by atomic mass is 10.0. The van der Waals surface area contributed by atoms with E-state index < -0.39 is 0 Å². The molecule has 0 aromatic heterocycles. The maximum Gasteiger partial charge on any atom is 0.0694 e. The van der Waals surface area contributed by atoms with Crippen LogP contribution in [0.25, 0.3) is 0 Å². The van der Waals surface area contributed by atoms with Crippen LogP contribution < -0.4 is 5.32 Å². The van der Waals surface area contributed by atoms with E-state index in [1.807, 2.05) is 0 Å². The Kier molecular flexibility index (Phi) is 3.79. The third-order valence-electron chi connectivity index (χ3n) is 3.37. The lowest BCUT2D eigenvalue weighted by Gasteiger charge is -2.19. The highest BCUT2D eigenvalue weighted by Gasteiger charge is 2.24. The smallest absolute Gasteiger partial charge is 0.0694 e. The first-order valence-corrected chi connectivity index (χ1v) is 5.89. The maximum atomic E-state index is 9.89. The van der Waals surface area contributed by atoms with Crippen LogP contribution in [-0.4, -0.2) is 36.5 Å². The first-order chi connectivity index (χ1) is 6.86. The van der Waals surface area contributed by atoms with E-state index in [0.29, 0.717) is 12.1 Å². The van der Waals surface area contributed by atoms with Crippen LogP contribution in [0.1, 0.15) is 38.5 Å². The predicted molar refractivity (Wildman–Crippen MR) is 55.2 cm³/mol. The minimum atomic E-state index is -0.165. The molecule has 2 heterocycles. The zero-order chi connectivity index (χ0) is 9.80. The number of hydrogen-bond acceptors (Lipinski definition) is 3. The normalized spacial score (nSPS) is 34.9. The Morgan fingerprint density at radius 2 is 2.29 bits per heavy atom. The van der Waals surface area contributed by atoms with Crippen LogP contribution in [0.5, 0.6) is 0 Å². The van der Waals surface area contributed by atoms with Crippen LogP contribution in [0.4, 0.5) is 0 Å². The van der Waals surface area contributed by atoms with Gasteiger partial charge in [0.1, 0.15) is 0 Å². The van der Waals surface area contributed by atoms with E-state index in [2.05, 4.69) is 5.32 Å². The van der Waals surface area contributed by atoms with Crippen molar-refractivity contribution in [2.45, 2.75) is 56.8 Å². The van der Waals surface area contributed by atoms with E-state index in [0.717, 1.165) is 32.4 Å². The molecule has 3 heteroatoms. The second-order valence-corrected chi connectivity index (χ2v) is 4.48. The van der Waals surface area contributed by atoms with Crippen molar-refractivity contribution in [1.29, 1.82) is 0 Å². The van der Waals surface area contributed by atoms with E-state index in [1.54, 1.807) is 0 Å². The minimum Gasteiger partial charge on any atom is -0.392 e. The molecular formula is C11H21NO2. The van der Waals surface area contributed by atoms with Crippen molar-refractivity contribution in [3.8, 4) is 0 Å². The molecule has 3 unspecified atom stereocenters. The Morgan fingerprint density at radius 1 is 1.36 bits per heavy atom. The van der Waals surface area contributed by atoms with Gasteiger partial charge in [0.05, 0.1) is 12.2 Å². The molecule has 2 rings (SSSR count). The van der Waals surface area contributed by atoms with Crippen molar-refractivity contribution in [3.63, 3.8) is 0 Å². The summed E-state index contributed by atoms with van der Waals surface area (Å²) in [5.74, 6) is 0. The first-order valence-electron chi connectivity index (χ1n) is 5.89. The van der Waals surface area contributed by atoms with Crippen molar-refractivity contribution >= 4 is 0 Å². The number of ether oxygens (including phenoxy) is 1. The average Bonchev–Trinajstić information content (AvgIpc) is 2.87. The Labute approximate surface area is 85.8 Å². The minimum absolute atomic E-state index is 0.165. The van der Waals surface area contributed by atoms with Crippen LogP contribution >= 0.6 is 0 Å². The standard InChI is InChI=1S/C11H21NO2/c13-11(10-4-1-7-12-10)6-5-9-3-2-8-14-9/h9-13H,1-8H2. The van der Waals surface area contributed by atoms with Crippen molar-refractivity contribution < 1.29 is 9.84 Å². The quantitative estimate of drug-likeness (QED) is 0.711. The fourth-order valence-electron chi connectivity index (χ4n) is 2.47. The van der Waals surface area contributed by atoms with Gasteiger partial charge < -0.3 is 15.2 Å². The summed E-state index contributed by atoms with van der Waals surface area (Å²) in [5, 5.41) is 13.2. The van der Waals surface area contributed by atoms with Gasteiger partial charge in [-0.2, -0.15) is 0 Å². The topological polar surface area (TPSA) is 41.5 Å². The molecular weight excluding hydrogens is 178 g/mol. The zero-order valence-corrected chi connectivity index (χ0v) is 8.74. The van der Waals surface area contributed by atoms with Crippen molar-refractivity contribution in [2.75, 3.05) is 13.2 Å². The summed E-state index contributed by atoms with van der Waals surface area (Å²) < 4.78 is 5.53. The zero-order valence-electron chi connectivity index (χ0n) is 8.74. The Morgan fingerprint density at radius 3 is 2.93 bits per heavy atom. The highest BCUT2D eigenvalue weighted by atomic mass is 16.5. The average molecular weight is 199 g/mol. The van der Waals surface area contributed by atoms with Crippen molar-refractivity contribution in [1.82, 2.24) is 5.32 Å². The molecule has 0 aromatic rings. The molecule has 2 N–H and O–H groups in total. The van der Waals surface area contributed by atoms with E-state index >= 15 is 0 Å². The molecule has 0 amide bonds. The maximum absolute atomic E-state index is 9.89. The van der Waals surface area contributed by atoms with Crippen molar-refractivity contribution in [2.24, 2.45) is 0 Å².